The molecule has 1 nitrogen and oxygen atoms in total. The van der Waals surface area contributed by atoms with Crippen LogP contribution in [0.4, 0.5) is 57.1 Å². The molecular weight excluding hydrogens is 630 g/mol. The highest BCUT2D eigenvalue weighted by Gasteiger charge is 2.92. The first-order valence-electron chi connectivity index (χ1n) is 11.9. The summed E-state index contributed by atoms with van der Waals surface area (Å²) >= 11 is 0. The van der Waals surface area contributed by atoms with Gasteiger partial charge in [-0.25, -0.2) is 0 Å². The molecule has 1 unspecified atom stereocenters. The van der Waals surface area contributed by atoms with Gasteiger partial charge in [-0.15, -0.1) is 0 Å². The van der Waals surface area contributed by atoms with Gasteiger partial charge < -0.3 is 4.57 Å². The van der Waals surface area contributed by atoms with E-state index >= 15 is 17.6 Å². The van der Waals surface area contributed by atoms with Crippen LogP contribution in [0.5, 0.6) is 0 Å². The van der Waals surface area contributed by atoms with E-state index in [1.165, 1.54) is 24.3 Å². The molecule has 0 saturated heterocycles. The largest absolute Gasteiger partial charge is 0.460 e. The quantitative estimate of drug-likeness (QED) is 0.0980. The first-order valence-corrected chi connectivity index (χ1v) is 13.6. The molecule has 43 heavy (non-hydrogen) atoms. The van der Waals surface area contributed by atoms with Crippen molar-refractivity contribution < 1.29 is 61.6 Å². The van der Waals surface area contributed by atoms with Crippen molar-refractivity contribution in [1.82, 2.24) is 0 Å². The average molecular weight is 644 g/mol. The fourth-order valence-electron chi connectivity index (χ4n) is 4.99. The molecule has 0 N–H and O–H groups in total. The van der Waals surface area contributed by atoms with E-state index in [0.29, 0.717) is 45.8 Å². The van der Waals surface area contributed by atoms with E-state index in [2.05, 4.69) is 0 Å². The first-order chi connectivity index (χ1) is 19.6. The van der Waals surface area contributed by atoms with Crippen molar-refractivity contribution in [3.63, 3.8) is 0 Å². The van der Waals surface area contributed by atoms with Gasteiger partial charge in [0.2, 0.25) is 7.14 Å². The summed E-state index contributed by atoms with van der Waals surface area (Å²) in [4.78, 5) is 0. The van der Waals surface area contributed by atoms with E-state index in [4.69, 9.17) is 0 Å². The number of halogens is 13. The normalized spacial score (nSPS) is 15.8. The van der Waals surface area contributed by atoms with E-state index in [1.807, 2.05) is 0 Å². The Balaban J connectivity index is 1.81. The maximum absolute atomic E-state index is 15.9. The molecule has 0 aliphatic rings. The Bertz CT molecular complexity index is 1820. The molecule has 0 saturated carbocycles. The zero-order valence-electron chi connectivity index (χ0n) is 20.9. The topological polar surface area (TPSA) is 17.1 Å². The fourth-order valence-corrected chi connectivity index (χ4v) is 7.71. The maximum Gasteiger partial charge on any atom is 0.460 e. The van der Waals surface area contributed by atoms with E-state index in [-0.39, 0.29) is 10.8 Å². The summed E-state index contributed by atoms with van der Waals surface area (Å²) in [6, 6.07) is 15.8. The third kappa shape index (κ3) is 3.90. The lowest BCUT2D eigenvalue weighted by atomic mass is 9.94. The highest BCUT2D eigenvalue weighted by Crippen LogP contribution is 2.70. The van der Waals surface area contributed by atoms with E-state index in [1.54, 1.807) is 18.2 Å². The lowest BCUT2D eigenvalue weighted by molar-refractivity contribution is -0.433. The molecule has 5 rings (SSSR count). The van der Waals surface area contributed by atoms with E-state index in [0.717, 1.165) is 18.2 Å². The minimum absolute atomic E-state index is 0.0206. The lowest BCUT2D eigenvalue weighted by Gasteiger charge is -2.41. The molecule has 1 atom stereocenters. The van der Waals surface area contributed by atoms with Gasteiger partial charge in [-0.1, -0.05) is 72.8 Å². The fraction of sp³-hybridized carbons (Fsp3) is 0.214. The van der Waals surface area contributed by atoms with Crippen LogP contribution in [-0.2, 0) is 4.57 Å². The molecular formula is C28H14F13OP. The van der Waals surface area contributed by atoms with Gasteiger partial charge in [0.15, 0.2) is 0 Å². The van der Waals surface area contributed by atoms with Crippen molar-refractivity contribution in [1.29, 1.82) is 0 Å². The molecule has 0 aliphatic heterocycles. The number of hydrogen-bond acceptors (Lipinski definition) is 1. The van der Waals surface area contributed by atoms with Gasteiger partial charge in [-0.2, -0.15) is 57.1 Å². The summed E-state index contributed by atoms with van der Waals surface area (Å²) in [5, 5.41) is -0.421. The Hall–Kier alpha value is -3.54. The number of benzene rings is 5. The molecule has 0 aliphatic carbocycles. The molecule has 228 valence electrons. The summed E-state index contributed by atoms with van der Waals surface area (Å²) in [5.41, 5.74) is -6.85. The Morgan fingerprint density at radius 2 is 0.837 bits per heavy atom. The smallest absolute Gasteiger partial charge is 0.307 e. The van der Waals surface area contributed by atoms with Gasteiger partial charge >= 0.3 is 35.5 Å². The zero-order valence-corrected chi connectivity index (χ0v) is 21.7. The highest BCUT2D eigenvalue weighted by atomic mass is 31.2. The predicted molar refractivity (Wildman–Crippen MR) is 134 cm³/mol. The van der Waals surface area contributed by atoms with Gasteiger partial charge in [0, 0.05) is 10.6 Å². The van der Waals surface area contributed by atoms with Crippen LogP contribution in [0.15, 0.2) is 84.9 Å². The van der Waals surface area contributed by atoms with E-state index in [9.17, 15) is 44.1 Å². The van der Waals surface area contributed by atoms with E-state index < -0.39 is 53.3 Å². The standard InChI is InChI=1S/C28H14F13OP/c29-23(30,25(33,34)27(37,38)39)24(31,32)26(35,36)28(40,41)43(42,19-7-2-1-3-8-19)20-13-17-11-9-15-5-4-6-16-10-12-18(14-20)22(17)21(15)16/h1-14H. The van der Waals surface area contributed by atoms with Gasteiger partial charge in [-0.3, -0.25) is 0 Å². The molecule has 0 radical (unpaired) electrons. The molecule has 0 fully saturated rings. The van der Waals surface area contributed by atoms with Crippen molar-refractivity contribution in [2.75, 3.05) is 0 Å². The molecule has 0 spiro atoms. The molecule has 0 bridgehead atoms. The van der Waals surface area contributed by atoms with Crippen LogP contribution in [-0.4, -0.2) is 35.5 Å². The predicted octanol–water partition coefficient (Wildman–Crippen LogP) is 9.59. The summed E-state index contributed by atoms with van der Waals surface area (Å²) < 4.78 is 198. The van der Waals surface area contributed by atoms with Gasteiger partial charge in [0.1, 0.15) is 0 Å². The second-order valence-corrected chi connectivity index (χ2v) is 12.6. The van der Waals surface area contributed by atoms with Crippen LogP contribution >= 0.6 is 7.14 Å². The Labute approximate surface area is 232 Å². The molecule has 5 aromatic carbocycles. The Morgan fingerprint density at radius 3 is 1.30 bits per heavy atom. The molecule has 15 heteroatoms. The van der Waals surface area contributed by atoms with Crippen LogP contribution in [0.25, 0.3) is 32.3 Å². The molecule has 0 heterocycles. The van der Waals surface area contributed by atoms with Crippen LogP contribution in [0.2, 0.25) is 0 Å². The van der Waals surface area contributed by atoms with Crippen LogP contribution in [0.3, 0.4) is 0 Å². The van der Waals surface area contributed by atoms with Crippen molar-refractivity contribution in [3.8, 4) is 0 Å². The summed E-state index contributed by atoms with van der Waals surface area (Å²) in [7, 11) is -6.65. The highest BCUT2D eigenvalue weighted by molar-refractivity contribution is 7.79. The minimum atomic E-state index is -8.11. The van der Waals surface area contributed by atoms with Gasteiger partial charge in [0.25, 0.3) is 0 Å². The number of rotatable bonds is 7. The third-order valence-corrected chi connectivity index (χ3v) is 10.3. The molecule has 0 amide bonds. The second-order valence-electron chi connectivity index (χ2n) is 9.76. The summed E-state index contributed by atoms with van der Waals surface area (Å²) in [6.45, 7) is 0. The van der Waals surface area contributed by atoms with Crippen LogP contribution in [0, 0.1) is 0 Å². The maximum atomic E-state index is 15.9. The summed E-state index contributed by atoms with van der Waals surface area (Å²) in [5.74, 6) is -31.8. The SMILES string of the molecule is O=P(c1ccccc1)(c1cc2ccc3cccc4ccc(c1)c2c34)C(F)(F)C(F)(F)C(F)(F)C(F)(F)C(F)(F)C(F)(F)F. The lowest BCUT2D eigenvalue weighted by Crippen LogP contribution is -2.70. The molecule has 5 aromatic rings. The van der Waals surface area contributed by atoms with Crippen LogP contribution < -0.4 is 10.6 Å². The Morgan fingerprint density at radius 1 is 0.419 bits per heavy atom. The Kier molecular flexibility index (Phi) is 6.63. The third-order valence-electron chi connectivity index (χ3n) is 7.24. The minimum Gasteiger partial charge on any atom is -0.307 e. The van der Waals surface area contributed by atoms with Gasteiger partial charge in [-0.05, 0) is 44.5 Å². The van der Waals surface area contributed by atoms with Crippen molar-refractivity contribution in [2.24, 2.45) is 0 Å². The van der Waals surface area contributed by atoms with Gasteiger partial charge in [0.05, 0.1) is 0 Å². The van der Waals surface area contributed by atoms with Crippen molar-refractivity contribution in [2.45, 2.75) is 35.5 Å². The first kappa shape index (κ1) is 30.9. The summed E-state index contributed by atoms with van der Waals surface area (Å²) in [6.07, 6.45) is -7.55. The number of hydrogen-bond donors (Lipinski definition) is 0. The van der Waals surface area contributed by atoms with Crippen molar-refractivity contribution >= 4 is 50.1 Å². The molecule has 0 aromatic heterocycles. The average Bonchev–Trinajstić information content (AvgIpc) is 2.94. The van der Waals surface area contributed by atoms with Crippen LogP contribution in [0.1, 0.15) is 0 Å². The van der Waals surface area contributed by atoms with Crippen molar-refractivity contribution in [3.05, 3.63) is 84.9 Å². The monoisotopic (exact) mass is 644 g/mol. The second kappa shape index (κ2) is 9.23. The zero-order chi connectivity index (χ0) is 32.0. The number of alkyl halides is 13.